The van der Waals surface area contributed by atoms with Gasteiger partial charge in [0, 0.05) is 19.5 Å². The van der Waals surface area contributed by atoms with Crippen molar-refractivity contribution in [1.82, 2.24) is 4.90 Å². The van der Waals surface area contributed by atoms with Crippen LogP contribution in [0, 0.1) is 5.92 Å². The topological polar surface area (TPSA) is 63.4 Å². The summed E-state index contributed by atoms with van der Waals surface area (Å²) in [6, 6.07) is 0. The van der Waals surface area contributed by atoms with Crippen molar-refractivity contribution in [2.45, 2.75) is 19.8 Å². The molecule has 1 heterocycles. The molecule has 2 N–H and O–H groups in total. The number of carbonyl (C=O) groups is 2. The standard InChI is InChI=1S/C8H14N2O2/c1-6(8(9)12)5-10-4-2-3-7(10)11/h6H,2-5H2,1H3,(H2,9,12). The third kappa shape index (κ3) is 1.96. The molecule has 0 aromatic rings. The van der Waals surface area contributed by atoms with E-state index in [1.807, 2.05) is 0 Å². The van der Waals surface area contributed by atoms with Gasteiger partial charge < -0.3 is 10.6 Å². The Labute approximate surface area is 71.7 Å². The van der Waals surface area contributed by atoms with Gasteiger partial charge in [0.1, 0.15) is 0 Å². The molecule has 12 heavy (non-hydrogen) atoms. The second kappa shape index (κ2) is 3.56. The lowest BCUT2D eigenvalue weighted by molar-refractivity contribution is -0.129. The monoisotopic (exact) mass is 170 g/mol. The van der Waals surface area contributed by atoms with Crippen LogP contribution in [0.3, 0.4) is 0 Å². The molecule has 0 radical (unpaired) electrons. The molecule has 1 saturated heterocycles. The molecule has 1 rings (SSSR count). The van der Waals surface area contributed by atoms with Crippen molar-refractivity contribution in [3.05, 3.63) is 0 Å². The summed E-state index contributed by atoms with van der Waals surface area (Å²) in [5, 5.41) is 0. The van der Waals surface area contributed by atoms with Gasteiger partial charge in [-0.05, 0) is 6.42 Å². The number of amides is 2. The van der Waals surface area contributed by atoms with Crippen LogP contribution in [0.1, 0.15) is 19.8 Å². The van der Waals surface area contributed by atoms with E-state index in [1.165, 1.54) is 0 Å². The molecule has 1 fully saturated rings. The molecule has 0 aliphatic carbocycles. The number of likely N-dealkylation sites (tertiary alicyclic amines) is 1. The van der Waals surface area contributed by atoms with Crippen LogP contribution < -0.4 is 5.73 Å². The molecule has 1 aliphatic rings. The predicted molar refractivity (Wildman–Crippen MR) is 44.2 cm³/mol. The van der Waals surface area contributed by atoms with Crippen molar-refractivity contribution < 1.29 is 9.59 Å². The molecule has 4 heteroatoms. The first kappa shape index (κ1) is 9.03. The van der Waals surface area contributed by atoms with Crippen molar-refractivity contribution in [1.29, 1.82) is 0 Å². The molecular weight excluding hydrogens is 156 g/mol. The lowest BCUT2D eigenvalue weighted by Gasteiger charge is -2.18. The van der Waals surface area contributed by atoms with E-state index in [-0.39, 0.29) is 17.7 Å². The van der Waals surface area contributed by atoms with E-state index in [9.17, 15) is 9.59 Å². The SMILES string of the molecule is CC(CN1CCCC1=O)C(N)=O. The quantitative estimate of drug-likeness (QED) is 0.633. The van der Waals surface area contributed by atoms with Gasteiger partial charge in [0.15, 0.2) is 0 Å². The fourth-order valence-electron chi connectivity index (χ4n) is 1.32. The predicted octanol–water partition coefficient (Wildman–Crippen LogP) is -0.270. The molecule has 4 nitrogen and oxygen atoms in total. The van der Waals surface area contributed by atoms with E-state index in [4.69, 9.17) is 5.73 Å². The highest BCUT2D eigenvalue weighted by Crippen LogP contribution is 2.11. The summed E-state index contributed by atoms with van der Waals surface area (Å²) in [6.45, 7) is 3.00. The minimum absolute atomic E-state index is 0.142. The summed E-state index contributed by atoms with van der Waals surface area (Å²) >= 11 is 0. The van der Waals surface area contributed by atoms with Gasteiger partial charge in [-0.2, -0.15) is 0 Å². The number of hydrogen-bond donors (Lipinski definition) is 1. The molecule has 0 bridgehead atoms. The van der Waals surface area contributed by atoms with Gasteiger partial charge in [-0.25, -0.2) is 0 Å². The first-order valence-electron chi connectivity index (χ1n) is 4.18. The Morgan fingerprint density at radius 1 is 1.75 bits per heavy atom. The second-order valence-electron chi connectivity index (χ2n) is 3.25. The normalized spacial score (nSPS) is 19.8. The van der Waals surface area contributed by atoms with Crippen LogP contribution in [0.5, 0.6) is 0 Å². The summed E-state index contributed by atoms with van der Waals surface area (Å²) in [5.41, 5.74) is 5.08. The van der Waals surface area contributed by atoms with Crippen molar-refractivity contribution >= 4 is 11.8 Å². The van der Waals surface area contributed by atoms with E-state index in [0.717, 1.165) is 13.0 Å². The molecule has 1 atom stereocenters. The van der Waals surface area contributed by atoms with Gasteiger partial charge in [0.2, 0.25) is 11.8 Å². The highest BCUT2D eigenvalue weighted by Gasteiger charge is 2.23. The Balaban J connectivity index is 2.40. The van der Waals surface area contributed by atoms with Gasteiger partial charge in [0.05, 0.1) is 5.92 Å². The summed E-state index contributed by atoms with van der Waals surface area (Å²) < 4.78 is 0. The zero-order valence-electron chi connectivity index (χ0n) is 7.25. The van der Waals surface area contributed by atoms with Crippen molar-refractivity contribution in [2.24, 2.45) is 11.7 Å². The highest BCUT2D eigenvalue weighted by atomic mass is 16.2. The Morgan fingerprint density at radius 3 is 2.83 bits per heavy atom. The van der Waals surface area contributed by atoms with E-state index in [2.05, 4.69) is 0 Å². The molecule has 0 aromatic heterocycles. The summed E-state index contributed by atoms with van der Waals surface area (Å²) in [5.74, 6) is -0.426. The van der Waals surface area contributed by atoms with Crippen molar-refractivity contribution in [3.8, 4) is 0 Å². The number of nitrogens with two attached hydrogens (primary N) is 1. The Kier molecular flexibility index (Phi) is 2.68. The Bertz CT molecular complexity index is 203. The zero-order valence-corrected chi connectivity index (χ0v) is 7.25. The van der Waals surface area contributed by atoms with Crippen molar-refractivity contribution in [2.75, 3.05) is 13.1 Å². The number of hydrogen-bond acceptors (Lipinski definition) is 2. The molecule has 0 spiro atoms. The first-order chi connectivity index (χ1) is 5.61. The number of carbonyl (C=O) groups excluding carboxylic acids is 2. The maximum Gasteiger partial charge on any atom is 0.222 e. The molecular formula is C8H14N2O2. The molecule has 2 amide bonds. The second-order valence-corrected chi connectivity index (χ2v) is 3.25. The first-order valence-corrected chi connectivity index (χ1v) is 4.18. The summed E-state index contributed by atoms with van der Waals surface area (Å²) in [4.78, 5) is 23.5. The molecule has 68 valence electrons. The Hall–Kier alpha value is -1.06. The zero-order chi connectivity index (χ0) is 9.14. The van der Waals surface area contributed by atoms with E-state index >= 15 is 0 Å². The average Bonchev–Trinajstić information content (AvgIpc) is 2.36. The van der Waals surface area contributed by atoms with E-state index in [1.54, 1.807) is 11.8 Å². The fraction of sp³-hybridized carbons (Fsp3) is 0.750. The van der Waals surface area contributed by atoms with Crippen LogP contribution in [0.2, 0.25) is 0 Å². The van der Waals surface area contributed by atoms with Crippen LogP contribution in [-0.4, -0.2) is 29.8 Å². The molecule has 1 aliphatic heterocycles. The average molecular weight is 170 g/mol. The minimum atomic E-state index is -0.338. The van der Waals surface area contributed by atoms with Crippen LogP contribution in [0.4, 0.5) is 0 Å². The Morgan fingerprint density at radius 2 is 2.42 bits per heavy atom. The van der Waals surface area contributed by atoms with Gasteiger partial charge >= 0.3 is 0 Å². The molecule has 0 saturated carbocycles. The van der Waals surface area contributed by atoms with Crippen LogP contribution >= 0.6 is 0 Å². The summed E-state index contributed by atoms with van der Waals surface area (Å²) in [7, 11) is 0. The fourth-order valence-corrected chi connectivity index (χ4v) is 1.32. The van der Waals surface area contributed by atoms with E-state index in [0.29, 0.717) is 13.0 Å². The lowest BCUT2D eigenvalue weighted by Crippen LogP contribution is -2.35. The maximum absolute atomic E-state index is 11.1. The highest BCUT2D eigenvalue weighted by molar-refractivity contribution is 5.80. The van der Waals surface area contributed by atoms with Crippen LogP contribution in [-0.2, 0) is 9.59 Å². The van der Waals surface area contributed by atoms with Crippen LogP contribution in [0.25, 0.3) is 0 Å². The number of rotatable bonds is 3. The summed E-state index contributed by atoms with van der Waals surface area (Å²) in [6.07, 6.45) is 1.52. The number of primary amides is 1. The van der Waals surface area contributed by atoms with Gasteiger partial charge in [0.25, 0.3) is 0 Å². The minimum Gasteiger partial charge on any atom is -0.369 e. The largest absolute Gasteiger partial charge is 0.369 e. The van der Waals surface area contributed by atoms with Gasteiger partial charge in [-0.15, -0.1) is 0 Å². The smallest absolute Gasteiger partial charge is 0.222 e. The van der Waals surface area contributed by atoms with Crippen LogP contribution in [0.15, 0.2) is 0 Å². The lowest BCUT2D eigenvalue weighted by atomic mass is 10.1. The molecule has 0 aromatic carbocycles. The third-order valence-electron chi connectivity index (χ3n) is 2.15. The van der Waals surface area contributed by atoms with Gasteiger partial charge in [-0.1, -0.05) is 6.92 Å². The van der Waals surface area contributed by atoms with E-state index < -0.39 is 0 Å². The van der Waals surface area contributed by atoms with Gasteiger partial charge in [-0.3, -0.25) is 9.59 Å². The van der Waals surface area contributed by atoms with Crippen molar-refractivity contribution in [3.63, 3.8) is 0 Å². The molecule has 1 unspecified atom stereocenters. The third-order valence-corrected chi connectivity index (χ3v) is 2.15. The number of nitrogens with zero attached hydrogens (tertiary/aromatic N) is 1. The maximum atomic E-state index is 11.1.